The van der Waals surface area contributed by atoms with Crippen LogP contribution < -0.4 is 5.32 Å². The number of amides is 1. The Labute approximate surface area is 188 Å². The summed E-state index contributed by atoms with van der Waals surface area (Å²) in [5.41, 5.74) is 3.08. The first-order valence-corrected chi connectivity index (χ1v) is 12.0. The summed E-state index contributed by atoms with van der Waals surface area (Å²) in [5.74, 6) is 0.112. The van der Waals surface area contributed by atoms with E-state index in [9.17, 15) is 9.59 Å². The quantitative estimate of drug-likeness (QED) is 0.430. The van der Waals surface area contributed by atoms with Crippen LogP contribution in [0, 0.1) is 12.8 Å². The monoisotopic (exact) mass is 447 g/mol. The predicted octanol–water partition coefficient (Wildman–Crippen LogP) is 4.44. The number of carbonyl (C=O) groups excluding carboxylic acids is 2. The van der Waals surface area contributed by atoms with Crippen LogP contribution in [0.5, 0.6) is 0 Å². The average Bonchev–Trinajstić information content (AvgIpc) is 3.39. The average molecular weight is 448 g/mol. The molecule has 1 saturated carbocycles. The van der Waals surface area contributed by atoms with Crippen LogP contribution in [0.25, 0.3) is 11.4 Å². The Morgan fingerprint density at radius 3 is 2.77 bits per heavy atom. The Morgan fingerprint density at radius 1 is 1.29 bits per heavy atom. The highest BCUT2D eigenvalue weighted by molar-refractivity contribution is 7.11. The van der Waals surface area contributed by atoms with Gasteiger partial charge in [0.2, 0.25) is 5.01 Å². The number of methoxy groups -OCH3 is 1. The Bertz CT molecular complexity index is 884. The minimum atomic E-state index is -0.418. The van der Waals surface area contributed by atoms with Gasteiger partial charge in [0, 0.05) is 37.9 Å². The molecule has 0 bridgehead atoms. The number of ether oxygens (including phenoxy) is 2. The fourth-order valence-electron chi connectivity index (χ4n) is 4.14. The van der Waals surface area contributed by atoms with Gasteiger partial charge in [-0.3, -0.25) is 4.79 Å². The van der Waals surface area contributed by atoms with Crippen LogP contribution in [0.1, 0.15) is 71.3 Å². The molecule has 2 heterocycles. The van der Waals surface area contributed by atoms with E-state index in [-0.39, 0.29) is 5.91 Å². The maximum atomic E-state index is 13.0. The maximum absolute atomic E-state index is 13.0. The summed E-state index contributed by atoms with van der Waals surface area (Å²) >= 11 is 1.26. The molecule has 7 nitrogen and oxygen atoms in total. The molecule has 1 aliphatic carbocycles. The molecule has 1 fully saturated rings. The van der Waals surface area contributed by atoms with Gasteiger partial charge in [0.15, 0.2) is 0 Å². The Balaban J connectivity index is 1.82. The zero-order valence-electron chi connectivity index (χ0n) is 18.7. The van der Waals surface area contributed by atoms with Gasteiger partial charge in [0.05, 0.1) is 23.6 Å². The summed E-state index contributed by atoms with van der Waals surface area (Å²) in [6.45, 7) is 6.11. The number of rotatable bonds is 10. The van der Waals surface area contributed by atoms with Gasteiger partial charge < -0.3 is 19.4 Å². The number of nitrogens with one attached hydrogen (secondary N) is 1. The third kappa shape index (κ3) is 5.95. The van der Waals surface area contributed by atoms with Crippen LogP contribution in [0.3, 0.4) is 0 Å². The lowest BCUT2D eigenvalue weighted by Gasteiger charge is -2.21. The second-order valence-electron chi connectivity index (χ2n) is 8.00. The van der Waals surface area contributed by atoms with Crippen LogP contribution >= 0.6 is 11.3 Å². The molecule has 31 heavy (non-hydrogen) atoms. The van der Waals surface area contributed by atoms with E-state index in [1.165, 1.54) is 43.4 Å². The highest BCUT2D eigenvalue weighted by Crippen LogP contribution is 2.28. The number of hydrogen-bond donors (Lipinski definition) is 1. The minimum Gasteiger partial charge on any atom is -0.461 e. The fourth-order valence-corrected chi connectivity index (χ4v) is 4.85. The van der Waals surface area contributed by atoms with Gasteiger partial charge in [-0.05, 0) is 45.1 Å². The molecule has 0 aromatic carbocycles. The van der Waals surface area contributed by atoms with E-state index in [1.54, 1.807) is 14.0 Å². The predicted molar refractivity (Wildman–Crippen MR) is 122 cm³/mol. The van der Waals surface area contributed by atoms with Gasteiger partial charge in [0.25, 0.3) is 5.91 Å². The molecule has 0 radical (unpaired) electrons. The third-order valence-electron chi connectivity index (χ3n) is 5.83. The van der Waals surface area contributed by atoms with Crippen molar-refractivity contribution in [2.75, 3.05) is 26.9 Å². The van der Waals surface area contributed by atoms with E-state index < -0.39 is 5.97 Å². The van der Waals surface area contributed by atoms with Crippen molar-refractivity contribution in [1.29, 1.82) is 0 Å². The first kappa shape index (κ1) is 23.5. The van der Waals surface area contributed by atoms with Crippen LogP contribution in [0.15, 0.2) is 11.4 Å². The molecule has 2 aromatic heterocycles. The Morgan fingerprint density at radius 2 is 2.06 bits per heavy atom. The molecule has 0 unspecified atom stereocenters. The number of aromatic nitrogens is 2. The van der Waals surface area contributed by atoms with Crippen LogP contribution in [0.4, 0.5) is 0 Å². The highest BCUT2D eigenvalue weighted by atomic mass is 32.1. The van der Waals surface area contributed by atoms with Crippen molar-refractivity contribution in [2.45, 2.75) is 58.9 Å². The van der Waals surface area contributed by atoms with Crippen LogP contribution in [-0.4, -0.2) is 48.3 Å². The van der Waals surface area contributed by atoms with Crippen molar-refractivity contribution in [2.24, 2.45) is 5.92 Å². The zero-order valence-corrected chi connectivity index (χ0v) is 19.6. The molecule has 2 aromatic rings. The van der Waals surface area contributed by atoms with E-state index >= 15 is 0 Å². The van der Waals surface area contributed by atoms with Crippen LogP contribution in [0.2, 0.25) is 0 Å². The lowest BCUT2D eigenvalue weighted by Crippen LogP contribution is -2.30. The van der Waals surface area contributed by atoms with E-state index in [0.717, 1.165) is 24.4 Å². The van der Waals surface area contributed by atoms with E-state index in [0.29, 0.717) is 41.9 Å². The smallest absolute Gasteiger partial charge is 0.367 e. The van der Waals surface area contributed by atoms with Crippen molar-refractivity contribution >= 4 is 23.2 Å². The van der Waals surface area contributed by atoms with Crippen molar-refractivity contribution in [3.8, 4) is 11.4 Å². The van der Waals surface area contributed by atoms with Crippen molar-refractivity contribution < 1.29 is 19.1 Å². The number of nitrogens with zero attached hydrogens (tertiary/aromatic N) is 2. The molecule has 1 N–H and O–H groups in total. The molecular weight excluding hydrogens is 414 g/mol. The van der Waals surface area contributed by atoms with E-state index in [4.69, 9.17) is 9.47 Å². The molecular formula is C23H33N3O4S. The normalized spacial score (nSPS) is 14.5. The largest absolute Gasteiger partial charge is 0.461 e. The van der Waals surface area contributed by atoms with Gasteiger partial charge in [-0.1, -0.05) is 19.3 Å². The van der Waals surface area contributed by atoms with Crippen molar-refractivity contribution in [1.82, 2.24) is 14.9 Å². The van der Waals surface area contributed by atoms with Crippen molar-refractivity contribution in [3.63, 3.8) is 0 Å². The second kappa shape index (κ2) is 11.4. The fraction of sp³-hybridized carbons (Fsp3) is 0.609. The zero-order chi connectivity index (χ0) is 22.2. The summed E-state index contributed by atoms with van der Waals surface area (Å²) < 4.78 is 12.4. The summed E-state index contributed by atoms with van der Waals surface area (Å²) in [4.78, 5) is 29.5. The van der Waals surface area contributed by atoms with E-state index in [1.807, 2.05) is 18.4 Å². The Kier molecular flexibility index (Phi) is 8.66. The molecule has 8 heteroatoms. The molecule has 3 rings (SSSR count). The van der Waals surface area contributed by atoms with Crippen LogP contribution in [-0.2, 0) is 16.0 Å². The first-order chi connectivity index (χ1) is 15.0. The van der Waals surface area contributed by atoms with E-state index in [2.05, 4.69) is 14.9 Å². The minimum absolute atomic E-state index is 0.0457. The number of carbonyl (C=O) groups is 2. The molecule has 0 aliphatic heterocycles. The summed E-state index contributed by atoms with van der Waals surface area (Å²) in [5, 5.41) is 5.31. The number of esters is 1. The molecule has 0 spiro atoms. The van der Waals surface area contributed by atoms with Gasteiger partial charge in [-0.2, -0.15) is 0 Å². The lowest BCUT2D eigenvalue weighted by molar-refractivity contribution is 0.0526. The van der Waals surface area contributed by atoms with Gasteiger partial charge in [-0.15, -0.1) is 11.3 Å². The van der Waals surface area contributed by atoms with Gasteiger partial charge in [-0.25, -0.2) is 9.78 Å². The standard InChI is InChI=1S/C23H33N3O4S/c1-4-30-23(28)22-25-19(15-31-22)20-13-18(16(2)26(20)11-8-12-29-3)21(27)24-14-17-9-6-5-7-10-17/h13,15,17H,4-12,14H2,1-3H3,(H,24,27). The SMILES string of the molecule is CCOC(=O)c1nc(-c2cc(C(=O)NCC3CCCCC3)c(C)n2CCCOC)cs1. The topological polar surface area (TPSA) is 82.5 Å². The number of thiazole rings is 1. The summed E-state index contributed by atoms with van der Waals surface area (Å²) in [7, 11) is 1.68. The van der Waals surface area contributed by atoms with Crippen molar-refractivity contribution in [3.05, 3.63) is 27.7 Å². The highest BCUT2D eigenvalue weighted by Gasteiger charge is 2.22. The molecule has 1 amide bonds. The second-order valence-corrected chi connectivity index (χ2v) is 8.86. The first-order valence-electron chi connectivity index (χ1n) is 11.1. The molecule has 170 valence electrons. The molecule has 0 saturated heterocycles. The van der Waals surface area contributed by atoms with Gasteiger partial charge >= 0.3 is 5.97 Å². The third-order valence-corrected chi connectivity index (χ3v) is 6.66. The molecule has 0 atom stereocenters. The Hall–Kier alpha value is -2.19. The summed E-state index contributed by atoms with van der Waals surface area (Å²) in [6.07, 6.45) is 7.02. The lowest BCUT2D eigenvalue weighted by atomic mass is 9.89. The maximum Gasteiger partial charge on any atom is 0.367 e. The van der Waals surface area contributed by atoms with Gasteiger partial charge in [0.1, 0.15) is 0 Å². The number of hydrogen-bond acceptors (Lipinski definition) is 6. The molecule has 1 aliphatic rings. The summed E-state index contributed by atoms with van der Waals surface area (Å²) in [6, 6.07) is 1.89.